The maximum atomic E-state index is 12.2. The van der Waals surface area contributed by atoms with Gasteiger partial charge in [0, 0.05) is 5.56 Å². The van der Waals surface area contributed by atoms with E-state index in [0.717, 1.165) is 0 Å². The van der Waals surface area contributed by atoms with Crippen molar-refractivity contribution in [3.63, 3.8) is 0 Å². The molecule has 0 spiro atoms. The van der Waals surface area contributed by atoms with Gasteiger partial charge >= 0.3 is 5.97 Å². The van der Waals surface area contributed by atoms with Crippen molar-refractivity contribution in [2.75, 3.05) is 11.8 Å². The number of terminal acetylenes is 1. The van der Waals surface area contributed by atoms with E-state index in [9.17, 15) is 13.2 Å². The quantitative estimate of drug-likeness (QED) is 0.675. The topological polar surface area (TPSA) is 72.5 Å². The predicted octanol–water partition coefficient (Wildman–Crippen LogP) is 2.40. The van der Waals surface area contributed by atoms with Crippen molar-refractivity contribution >= 4 is 21.7 Å². The first-order valence-corrected chi connectivity index (χ1v) is 8.33. The van der Waals surface area contributed by atoms with Crippen LogP contribution in [0.3, 0.4) is 0 Å². The smallest absolute Gasteiger partial charge is 0.337 e. The molecule has 1 N–H and O–H groups in total. The van der Waals surface area contributed by atoms with Crippen molar-refractivity contribution in [1.29, 1.82) is 0 Å². The van der Waals surface area contributed by atoms with Crippen LogP contribution in [0.2, 0.25) is 0 Å². The Labute approximate surface area is 135 Å². The van der Waals surface area contributed by atoms with E-state index in [1.807, 2.05) is 6.07 Å². The van der Waals surface area contributed by atoms with Gasteiger partial charge in [0.2, 0.25) is 10.0 Å². The molecule has 0 saturated carbocycles. The molecular weight excluding hydrogens is 314 g/mol. The van der Waals surface area contributed by atoms with Gasteiger partial charge in [-0.2, -0.15) is 0 Å². The molecule has 5 nitrogen and oxygen atoms in total. The average Bonchev–Trinajstić information content (AvgIpc) is 2.53. The largest absolute Gasteiger partial charge is 0.465 e. The van der Waals surface area contributed by atoms with E-state index >= 15 is 0 Å². The van der Waals surface area contributed by atoms with Gasteiger partial charge in [0.05, 0.1) is 24.1 Å². The second-order valence-corrected chi connectivity index (χ2v) is 6.50. The molecule has 0 bridgehead atoms. The number of esters is 1. The highest BCUT2D eigenvalue weighted by molar-refractivity contribution is 7.91. The number of carbonyl (C=O) groups is 1. The Kier molecular flexibility index (Phi) is 5.04. The Bertz CT molecular complexity index is 852. The summed E-state index contributed by atoms with van der Waals surface area (Å²) in [4.78, 5) is 11.6. The van der Waals surface area contributed by atoms with Crippen LogP contribution in [0, 0.1) is 12.3 Å². The highest BCUT2D eigenvalue weighted by Gasteiger charge is 2.14. The van der Waals surface area contributed by atoms with Crippen LogP contribution in [-0.2, 0) is 20.5 Å². The van der Waals surface area contributed by atoms with E-state index in [2.05, 4.69) is 15.4 Å². The SMILES string of the molecule is C#Cc1cc(NS(=O)(=O)Cc2ccccc2)cc(C(=O)OC)c1. The van der Waals surface area contributed by atoms with Crippen LogP contribution < -0.4 is 4.72 Å². The summed E-state index contributed by atoms with van der Waals surface area (Å²) in [7, 11) is -2.39. The molecule has 0 aromatic heterocycles. The van der Waals surface area contributed by atoms with Gasteiger partial charge in [-0.25, -0.2) is 13.2 Å². The normalized spacial score (nSPS) is 10.6. The molecule has 0 aliphatic carbocycles. The van der Waals surface area contributed by atoms with Crippen LogP contribution in [0.25, 0.3) is 0 Å². The predicted molar refractivity (Wildman–Crippen MR) is 88.4 cm³/mol. The second kappa shape index (κ2) is 6.99. The fraction of sp³-hybridized carbons (Fsp3) is 0.118. The lowest BCUT2D eigenvalue weighted by Crippen LogP contribution is -2.15. The number of carbonyl (C=O) groups excluding carboxylic acids is 1. The number of hydrogen-bond donors (Lipinski definition) is 1. The van der Waals surface area contributed by atoms with Crippen LogP contribution in [-0.4, -0.2) is 21.5 Å². The lowest BCUT2D eigenvalue weighted by Gasteiger charge is -2.10. The Hall–Kier alpha value is -2.78. The molecule has 0 aliphatic heterocycles. The molecule has 0 fully saturated rings. The summed E-state index contributed by atoms with van der Waals surface area (Å²) in [5.74, 6) is 1.61. The fourth-order valence-electron chi connectivity index (χ4n) is 2.01. The first kappa shape index (κ1) is 16.6. The molecule has 2 rings (SSSR count). The maximum Gasteiger partial charge on any atom is 0.337 e. The third kappa shape index (κ3) is 4.59. The molecule has 0 atom stereocenters. The Morgan fingerprint density at radius 1 is 1.22 bits per heavy atom. The molecule has 0 radical (unpaired) electrons. The first-order chi connectivity index (χ1) is 10.9. The number of ether oxygens (including phenoxy) is 1. The highest BCUT2D eigenvalue weighted by atomic mass is 32.2. The van der Waals surface area contributed by atoms with Crippen LogP contribution in [0.4, 0.5) is 5.69 Å². The standard InChI is InChI=1S/C17H15NO4S/c1-3-13-9-15(17(19)22-2)11-16(10-13)18-23(20,21)12-14-7-5-4-6-8-14/h1,4-11,18H,12H2,2H3. The summed E-state index contributed by atoms with van der Waals surface area (Å²) in [5, 5.41) is 0. The van der Waals surface area contributed by atoms with Crippen molar-refractivity contribution < 1.29 is 17.9 Å². The number of hydrogen-bond acceptors (Lipinski definition) is 4. The van der Waals surface area contributed by atoms with Gasteiger partial charge in [-0.15, -0.1) is 6.42 Å². The third-order valence-electron chi connectivity index (χ3n) is 2.99. The summed E-state index contributed by atoms with van der Waals surface area (Å²) in [6.07, 6.45) is 5.34. The van der Waals surface area contributed by atoms with Crippen LogP contribution in [0.5, 0.6) is 0 Å². The number of rotatable bonds is 5. The van der Waals surface area contributed by atoms with E-state index in [1.54, 1.807) is 24.3 Å². The second-order valence-electron chi connectivity index (χ2n) is 4.78. The van der Waals surface area contributed by atoms with Crippen molar-refractivity contribution in [2.45, 2.75) is 5.75 Å². The molecular formula is C17H15NO4S. The van der Waals surface area contributed by atoms with Crippen molar-refractivity contribution in [2.24, 2.45) is 0 Å². The Morgan fingerprint density at radius 3 is 2.52 bits per heavy atom. The van der Waals surface area contributed by atoms with Crippen molar-refractivity contribution in [1.82, 2.24) is 0 Å². The molecule has 2 aromatic rings. The Morgan fingerprint density at radius 2 is 1.91 bits per heavy atom. The summed E-state index contributed by atoms with van der Waals surface area (Å²) in [6.45, 7) is 0. The third-order valence-corrected chi connectivity index (χ3v) is 4.25. The number of sulfonamides is 1. The minimum atomic E-state index is -3.63. The summed E-state index contributed by atoms with van der Waals surface area (Å²) in [6, 6.07) is 13.1. The monoisotopic (exact) mass is 329 g/mol. The zero-order chi connectivity index (χ0) is 16.9. The van der Waals surface area contributed by atoms with Gasteiger partial charge < -0.3 is 4.74 Å². The summed E-state index contributed by atoms with van der Waals surface area (Å²) >= 11 is 0. The number of nitrogens with one attached hydrogen (secondary N) is 1. The first-order valence-electron chi connectivity index (χ1n) is 6.68. The van der Waals surface area contributed by atoms with E-state index in [-0.39, 0.29) is 17.0 Å². The molecule has 0 heterocycles. The number of benzene rings is 2. The van der Waals surface area contributed by atoms with E-state index in [1.165, 1.54) is 25.3 Å². The molecule has 2 aromatic carbocycles. The zero-order valence-electron chi connectivity index (χ0n) is 12.4. The fourth-order valence-corrected chi connectivity index (χ4v) is 3.20. The zero-order valence-corrected chi connectivity index (χ0v) is 13.3. The average molecular weight is 329 g/mol. The van der Waals surface area contributed by atoms with E-state index in [0.29, 0.717) is 11.1 Å². The molecule has 0 amide bonds. The van der Waals surface area contributed by atoms with Crippen molar-refractivity contribution in [3.05, 3.63) is 65.2 Å². The minimum Gasteiger partial charge on any atom is -0.465 e. The molecule has 118 valence electrons. The van der Waals surface area contributed by atoms with E-state index in [4.69, 9.17) is 6.42 Å². The van der Waals surface area contributed by atoms with Crippen LogP contribution in [0.15, 0.2) is 48.5 Å². The lowest BCUT2D eigenvalue weighted by atomic mass is 10.1. The van der Waals surface area contributed by atoms with Gasteiger partial charge in [0.15, 0.2) is 0 Å². The minimum absolute atomic E-state index is 0.179. The van der Waals surface area contributed by atoms with E-state index < -0.39 is 16.0 Å². The molecule has 0 unspecified atom stereocenters. The van der Waals surface area contributed by atoms with Gasteiger partial charge in [0.25, 0.3) is 0 Å². The summed E-state index contributed by atoms with van der Waals surface area (Å²) < 4.78 is 31.5. The number of anilines is 1. The molecule has 0 aliphatic rings. The molecule has 23 heavy (non-hydrogen) atoms. The van der Waals surface area contributed by atoms with Gasteiger partial charge in [-0.05, 0) is 23.8 Å². The lowest BCUT2D eigenvalue weighted by molar-refractivity contribution is 0.0600. The van der Waals surface area contributed by atoms with Gasteiger partial charge in [-0.1, -0.05) is 36.3 Å². The van der Waals surface area contributed by atoms with Crippen LogP contribution in [0.1, 0.15) is 21.5 Å². The van der Waals surface area contributed by atoms with Gasteiger partial charge in [-0.3, -0.25) is 4.72 Å². The molecule has 0 saturated heterocycles. The summed E-state index contributed by atoms with van der Waals surface area (Å²) in [5.41, 5.74) is 1.43. The molecule has 6 heteroatoms. The van der Waals surface area contributed by atoms with Crippen LogP contribution >= 0.6 is 0 Å². The maximum absolute atomic E-state index is 12.2. The Balaban J connectivity index is 2.28. The van der Waals surface area contributed by atoms with Gasteiger partial charge in [0.1, 0.15) is 0 Å². The number of methoxy groups -OCH3 is 1. The highest BCUT2D eigenvalue weighted by Crippen LogP contribution is 2.18. The van der Waals surface area contributed by atoms with Crippen molar-refractivity contribution in [3.8, 4) is 12.3 Å².